The first-order chi connectivity index (χ1) is 17.2. The lowest BCUT2D eigenvalue weighted by molar-refractivity contribution is 0.0729. The van der Waals surface area contributed by atoms with E-state index >= 15 is 0 Å². The third-order valence-corrected chi connectivity index (χ3v) is 10.0. The van der Waals surface area contributed by atoms with Crippen molar-refractivity contribution in [1.82, 2.24) is 8.61 Å². The highest BCUT2D eigenvalue weighted by Crippen LogP contribution is 2.30. The minimum Gasteiger partial charge on any atom is -0.495 e. The summed E-state index contributed by atoms with van der Waals surface area (Å²) in [5, 5.41) is 2.73. The van der Waals surface area contributed by atoms with Crippen LogP contribution in [-0.2, 0) is 30.5 Å². The number of anilines is 1. The zero-order valence-electron chi connectivity index (χ0n) is 20.2. The van der Waals surface area contributed by atoms with E-state index in [1.54, 1.807) is 24.3 Å². The van der Waals surface area contributed by atoms with Gasteiger partial charge < -0.3 is 14.8 Å². The molecule has 0 aliphatic carbocycles. The molecule has 0 unspecified atom stereocenters. The summed E-state index contributed by atoms with van der Waals surface area (Å²) in [5.41, 5.74) is 1.10. The number of morpholine rings is 1. The summed E-state index contributed by atoms with van der Waals surface area (Å²) in [6, 6.07) is 10.7. The van der Waals surface area contributed by atoms with Gasteiger partial charge in [-0.3, -0.25) is 4.79 Å². The topological polar surface area (TPSA) is 122 Å². The van der Waals surface area contributed by atoms with Gasteiger partial charge in [0.25, 0.3) is 5.91 Å². The maximum atomic E-state index is 13.1. The maximum absolute atomic E-state index is 13.1. The normalized spacial score (nSPS) is 18.0. The SMILES string of the molecule is COc1ccc(S(=O)(=O)N2CCCCC2)cc1NC(=O)c1ccc(CS(=O)(=O)N2CCOCC2)cc1. The van der Waals surface area contributed by atoms with Gasteiger partial charge in [0.15, 0.2) is 0 Å². The molecule has 1 N–H and O–H groups in total. The van der Waals surface area contributed by atoms with Crippen molar-refractivity contribution in [3.63, 3.8) is 0 Å². The number of benzene rings is 2. The molecular formula is C24H31N3O7S2. The molecule has 0 bridgehead atoms. The average molecular weight is 538 g/mol. The van der Waals surface area contributed by atoms with Crippen LogP contribution >= 0.6 is 0 Å². The van der Waals surface area contributed by atoms with Gasteiger partial charge in [0.05, 0.1) is 36.7 Å². The zero-order valence-corrected chi connectivity index (χ0v) is 21.8. The second-order valence-corrected chi connectivity index (χ2v) is 12.7. The summed E-state index contributed by atoms with van der Waals surface area (Å²) in [4.78, 5) is 13.0. The van der Waals surface area contributed by atoms with Gasteiger partial charge in [0, 0.05) is 31.7 Å². The van der Waals surface area contributed by atoms with Gasteiger partial charge in [-0.15, -0.1) is 0 Å². The second kappa shape index (κ2) is 11.3. The number of ether oxygens (including phenoxy) is 2. The van der Waals surface area contributed by atoms with Crippen molar-refractivity contribution >= 4 is 31.6 Å². The van der Waals surface area contributed by atoms with Crippen LogP contribution in [0.4, 0.5) is 5.69 Å². The summed E-state index contributed by atoms with van der Waals surface area (Å²) in [6.07, 6.45) is 2.65. The standard InChI is InChI=1S/C24H31N3O7S2/c1-33-23-10-9-21(36(31,32)27-11-3-2-4-12-27)17-22(23)25-24(28)20-7-5-19(6-8-20)18-35(29,30)26-13-15-34-16-14-26/h5-10,17H,2-4,11-16,18H2,1H3,(H,25,28). The molecule has 2 fully saturated rings. The Hall–Kier alpha value is -2.51. The fourth-order valence-corrected chi connectivity index (χ4v) is 7.32. The molecule has 2 heterocycles. The third-order valence-electron chi connectivity index (χ3n) is 6.30. The van der Waals surface area contributed by atoms with Gasteiger partial charge in [0.1, 0.15) is 5.75 Å². The molecule has 2 aliphatic heterocycles. The number of hydrogen-bond acceptors (Lipinski definition) is 7. The number of nitrogens with zero attached hydrogens (tertiary/aromatic N) is 2. The van der Waals surface area contributed by atoms with E-state index in [-0.39, 0.29) is 16.3 Å². The maximum Gasteiger partial charge on any atom is 0.255 e. The minimum absolute atomic E-state index is 0.0872. The Morgan fingerprint density at radius 3 is 2.22 bits per heavy atom. The Balaban J connectivity index is 1.48. The van der Waals surface area contributed by atoms with E-state index in [0.29, 0.717) is 56.3 Å². The molecule has 0 aromatic heterocycles. The van der Waals surface area contributed by atoms with E-state index in [0.717, 1.165) is 19.3 Å². The van der Waals surface area contributed by atoms with Gasteiger partial charge in [-0.05, 0) is 48.7 Å². The van der Waals surface area contributed by atoms with E-state index in [4.69, 9.17) is 9.47 Å². The number of carbonyl (C=O) groups excluding carboxylic acids is 1. The Kier molecular flexibility index (Phi) is 8.30. The average Bonchev–Trinajstić information content (AvgIpc) is 2.90. The summed E-state index contributed by atoms with van der Waals surface area (Å²) in [7, 11) is -5.73. The molecule has 12 heteroatoms. The monoisotopic (exact) mass is 537 g/mol. The van der Waals surface area contributed by atoms with Gasteiger partial charge in [-0.2, -0.15) is 8.61 Å². The van der Waals surface area contributed by atoms with Crippen LogP contribution in [0.5, 0.6) is 5.75 Å². The van der Waals surface area contributed by atoms with E-state index < -0.39 is 26.0 Å². The van der Waals surface area contributed by atoms with Crippen molar-refractivity contribution in [2.45, 2.75) is 29.9 Å². The number of methoxy groups -OCH3 is 1. The molecule has 0 atom stereocenters. The fraction of sp³-hybridized carbons (Fsp3) is 0.458. The first-order valence-corrected chi connectivity index (χ1v) is 14.9. The van der Waals surface area contributed by atoms with Crippen LogP contribution in [0.1, 0.15) is 35.2 Å². The molecular weight excluding hydrogens is 506 g/mol. The first-order valence-electron chi connectivity index (χ1n) is 11.8. The molecule has 0 spiro atoms. The van der Waals surface area contributed by atoms with E-state index in [2.05, 4.69) is 5.32 Å². The predicted molar refractivity (Wildman–Crippen MR) is 135 cm³/mol. The van der Waals surface area contributed by atoms with Gasteiger partial charge in [0.2, 0.25) is 20.0 Å². The number of hydrogen-bond donors (Lipinski definition) is 1. The number of carbonyl (C=O) groups is 1. The molecule has 0 saturated carbocycles. The largest absolute Gasteiger partial charge is 0.495 e. The third kappa shape index (κ3) is 6.06. The second-order valence-electron chi connectivity index (χ2n) is 8.75. The van der Waals surface area contributed by atoms with Crippen molar-refractivity contribution in [3.05, 3.63) is 53.6 Å². The number of rotatable bonds is 8. The van der Waals surface area contributed by atoms with E-state index in [1.807, 2.05) is 0 Å². The quantitative estimate of drug-likeness (QED) is 0.548. The van der Waals surface area contributed by atoms with Crippen LogP contribution in [0.3, 0.4) is 0 Å². The van der Waals surface area contributed by atoms with Gasteiger partial charge in [-0.1, -0.05) is 18.6 Å². The smallest absolute Gasteiger partial charge is 0.255 e. The summed E-state index contributed by atoms with van der Waals surface area (Å²) in [5.74, 6) is -0.309. The van der Waals surface area contributed by atoms with Crippen LogP contribution in [-0.4, -0.2) is 77.9 Å². The molecule has 2 saturated heterocycles. The van der Waals surface area contributed by atoms with Crippen molar-refractivity contribution < 1.29 is 31.1 Å². The Morgan fingerprint density at radius 2 is 1.58 bits per heavy atom. The molecule has 196 valence electrons. The van der Waals surface area contributed by atoms with Gasteiger partial charge >= 0.3 is 0 Å². The Bertz CT molecular complexity index is 1280. The molecule has 36 heavy (non-hydrogen) atoms. The van der Waals surface area contributed by atoms with Crippen LogP contribution in [0.15, 0.2) is 47.4 Å². The highest BCUT2D eigenvalue weighted by atomic mass is 32.2. The van der Waals surface area contributed by atoms with Crippen LogP contribution in [0.25, 0.3) is 0 Å². The number of piperidine rings is 1. The molecule has 10 nitrogen and oxygen atoms in total. The molecule has 2 aromatic rings. The van der Waals surface area contributed by atoms with Crippen molar-refractivity contribution in [1.29, 1.82) is 0 Å². The minimum atomic E-state index is -3.68. The number of sulfonamides is 2. The summed E-state index contributed by atoms with van der Waals surface area (Å²) < 4.78 is 64.8. The van der Waals surface area contributed by atoms with E-state index in [9.17, 15) is 21.6 Å². The molecule has 1 amide bonds. The number of amides is 1. The fourth-order valence-electron chi connectivity index (χ4n) is 4.27. The highest BCUT2D eigenvalue weighted by molar-refractivity contribution is 7.89. The molecule has 2 aromatic carbocycles. The number of nitrogens with one attached hydrogen (secondary N) is 1. The van der Waals surface area contributed by atoms with Crippen molar-refractivity contribution in [2.75, 3.05) is 51.8 Å². The molecule has 0 radical (unpaired) electrons. The van der Waals surface area contributed by atoms with Gasteiger partial charge in [-0.25, -0.2) is 16.8 Å². The summed E-state index contributed by atoms with van der Waals surface area (Å²) in [6.45, 7) is 2.37. The predicted octanol–water partition coefficient (Wildman–Crippen LogP) is 2.28. The van der Waals surface area contributed by atoms with E-state index in [1.165, 1.54) is 33.9 Å². The lowest BCUT2D eigenvalue weighted by Crippen LogP contribution is -2.41. The molecule has 4 rings (SSSR count). The zero-order chi connectivity index (χ0) is 25.8. The Morgan fingerprint density at radius 1 is 0.917 bits per heavy atom. The molecule has 2 aliphatic rings. The Labute approximate surface area is 212 Å². The van der Waals surface area contributed by atoms with Crippen LogP contribution in [0, 0.1) is 0 Å². The van der Waals surface area contributed by atoms with Crippen LogP contribution in [0.2, 0.25) is 0 Å². The van der Waals surface area contributed by atoms with Crippen LogP contribution < -0.4 is 10.1 Å². The lowest BCUT2D eigenvalue weighted by atomic mass is 10.1. The first kappa shape index (κ1) is 26.6. The lowest BCUT2D eigenvalue weighted by Gasteiger charge is -2.26. The highest BCUT2D eigenvalue weighted by Gasteiger charge is 2.27. The van der Waals surface area contributed by atoms with Crippen molar-refractivity contribution in [2.24, 2.45) is 0 Å². The van der Waals surface area contributed by atoms with Crippen molar-refractivity contribution in [3.8, 4) is 5.75 Å². The summed E-state index contributed by atoms with van der Waals surface area (Å²) >= 11 is 0.